The van der Waals surface area contributed by atoms with Gasteiger partial charge in [-0.25, -0.2) is 8.42 Å². The first-order valence-electron chi connectivity index (χ1n) is 13.7. The van der Waals surface area contributed by atoms with E-state index < -0.39 is 28.5 Å². The second kappa shape index (κ2) is 13.5. The summed E-state index contributed by atoms with van der Waals surface area (Å²) in [6, 6.07) is 20.9. The van der Waals surface area contributed by atoms with Crippen LogP contribution >= 0.6 is 0 Å². The lowest BCUT2D eigenvalue weighted by Crippen LogP contribution is -2.52. The Balaban J connectivity index is 1.68. The normalized spacial score (nSPS) is 14.2. The van der Waals surface area contributed by atoms with E-state index in [1.54, 1.807) is 68.6 Å². The molecule has 0 spiro atoms. The molecule has 1 atom stereocenters. The van der Waals surface area contributed by atoms with Gasteiger partial charge in [0.2, 0.25) is 11.8 Å². The fraction of sp³-hybridized carbons (Fsp3) is 0.355. The molecule has 1 N–H and O–H groups in total. The number of ether oxygens (including phenoxy) is 2. The molecule has 1 saturated carbocycles. The summed E-state index contributed by atoms with van der Waals surface area (Å²) in [6.45, 7) is 1.26. The molecular weight excluding hydrogens is 542 g/mol. The lowest BCUT2D eigenvalue weighted by Gasteiger charge is -2.32. The Bertz CT molecular complexity index is 1420. The van der Waals surface area contributed by atoms with Crippen molar-refractivity contribution in [3.05, 3.63) is 84.4 Å². The van der Waals surface area contributed by atoms with Crippen molar-refractivity contribution in [1.82, 2.24) is 10.2 Å². The van der Waals surface area contributed by atoms with Crippen LogP contribution in [0, 0.1) is 0 Å². The summed E-state index contributed by atoms with van der Waals surface area (Å²) in [5.41, 5.74) is 1.05. The van der Waals surface area contributed by atoms with Gasteiger partial charge in [0, 0.05) is 12.6 Å². The molecule has 9 nitrogen and oxygen atoms in total. The van der Waals surface area contributed by atoms with Gasteiger partial charge in [0.15, 0.2) is 0 Å². The zero-order valence-electron chi connectivity index (χ0n) is 23.7. The molecular formula is C31H37N3O6S. The molecule has 0 aromatic heterocycles. The molecule has 4 rings (SSSR count). The van der Waals surface area contributed by atoms with E-state index in [1.165, 1.54) is 24.1 Å². The Morgan fingerprint density at radius 1 is 0.902 bits per heavy atom. The number of amides is 2. The van der Waals surface area contributed by atoms with Crippen LogP contribution in [0.1, 0.15) is 38.2 Å². The second-order valence-electron chi connectivity index (χ2n) is 10.1. The molecule has 10 heteroatoms. The average Bonchev–Trinajstić information content (AvgIpc) is 3.51. The molecule has 0 radical (unpaired) electrons. The van der Waals surface area contributed by atoms with Crippen molar-refractivity contribution in [3.8, 4) is 11.5 Å². The number of methoxy groups -OCH3 is 2. The van der Waals surface area contributed by atoms with Crippen molar-refractivity contribution in [2.75, 3.05) is 25.1 Å². The van der Waals surface area contributed by atoms with E-state index in [9.17, 15) is 18.0 Å². The molecule has 0 unspecified atom stereocenters. The highest BCUT2D eigenvalue weighted by molar-refractivity contribution is 7.92. The van der Waals surface area contributed by atoms with Gasteiger partial charge < -0.3 is 19.7 Å². The van der Waals surface area contributed by atoms with Gasteiger partial charge in [-0.05, 0) is 73.9 Å². The highest BCUT2D eigenvalue weighted by Crippen LogP contribution is 2.27. The molecule has 1 fully saturated rings. The van der Waals surface area contributed by atoms with E-state index in [1.807, 2.05) is 12.1 Å². The lowest BCUT2D eigenvalue weighted by molar-refractivity contribution is -0.139. The number of benzene rings is 3. The van der Waals surface area contributed by atoms with Gasteiger partial charge in [-0.15, -0.1) is 0 Å². The second-order valence-corrected chi connectivity index (χ2v) is 11.9. The number of rotatable bonds is 12. The third-order valence-corrected chi connectivity index (χ3v) is 9.11. The molecule has 3 aromatic rings. The number of carbonyl (C=O) groups excluding carboxylic acids is 2. The first kappa shape index (κ1) is 29.9. The summed E-state index contributed by atoms with van der Waals surface area (Å²) in [4.78, 5) is 28.9. The Hall–Kier alpha value is -4.05. The Morgan fingerprint density at radius 3 is 2.20 bits per heavy atom. The number of carbonyl (C=O) groups is 2. The molecule has 0 saturated heterocycles. The van der Waals surface area contributed by atoms with Crippen molar-refractivity contribution in [3.63, 3.8) is 0 Å². The summed E-state index contributed by atoms with van der Waals surface area (Å²) in [5.74, 6) is 0.380. The maximum absolute atomic E-state index is 14.1. The number of sulfonamides is 1. The van der Waals surface area contributed by atoms with E-state index in [0.29, 0.717) is 17.2 Å². The van der Waals surface area contributed by atoms with Crippen LogP contribution in [0.4, 0.5) is 5.69 Å². The summed E-state index contributed by atoms with van der Waals surface area (Å²) in [6.07, 6.45) is 3.92. The molecule has 218 valence electrons. The number of hydrogen-bond acceptors (Lipinski definition) is 6. The average molecular weight is 580 g/mol. The molecule has 41 heavy (non-hydrogen) atoms. The first-order chi connectivity index (χ1) is 19.7. The van der Waals surface area contributed by atoms with Crippen LogP contribution in [-0.2, 0) is 26.2 Å². The summed E-state index contributed by atoms with van der Waals surface area (Å²) in [5, 5.41) is 3.07. The molecule has 0 aliphatic heterocycles. The Morgan fingerprint density at radius 2 is 1.56 bits per heavy atom. The summed E-state index contributed by atoms with van der Waals surface area (Å²) >= 11 is 0. The van der Waals surface area contributed by atoms with Gasteiger partial charge in [-0.3, -0.25) is 13.9 Å². The topological polar surface area (TPSA) is 105 Å². The number of anilines is 1. The van der Waals surface area contributed by atoms with Gasteiger partial charge in [-0.1, -0.05) is 43.2 Å². The van der Waals surface area contributed by atoms with Crippen LogP contribution in [0.3, 0.4) is 0 Å². The van der Waals surface area contributed by atoms with Gasteiger partial charge in [0.05, 0.1) is 24.8 Å². The predicted octanol–water partition coefficient (Wildman–Crippen LogP) is 4.38. The first-order valence-corrected chi connectivity index (χ1v) is 15.1. The largest absolute Gasteiger partial charge is 0.497 e. The standard InChI is InChI=1S/C31H37N3O6S/c1-23(31(36)32-25-11-7-8-12-25)33(21-24-10-9-13-28(20-24)40-3)30(35)22-34(26-16-18-27(39-2)19-17-26)41(37,38)29-14-5-4-6-15-29/h4-6,9-10,13-20,23,25H,7-8,11-12,21-22H2,1-3H3,(H,32,36)/t23-/m1/s1. The van der Waals surface area contributed by atoms with Gasteiger partial charge in [-0.2, -0.15) is 0 Å². The zero-order valence-corrected chi connectivity index (χ0v) is 24.5. The van der Waals surface area contributed by atoms with E-state index in [0.717, 1.165) is 35.6 Å². The number of nitrogens with one attached hydrogen (secondary N) is 1. The Labute approximate surface area is 242 Å². The van der Waals surface area contributed by atoms with E-state index in [2.05, 4.69) is 5.32 Å². The van der Waals surface area contributed by atoms with Crippen molar-refractivity contribution < 1.29 is 27.5 Å². The van der Waals surface area contributed by atoms with Crippen LogP contribution in [0.25, 0.3) is 0 Å². The molecule has 3 aromatic carbocycles. The van der Waals surface area contributed by atoms with Crippen LogP contribution < -0.4 is 19.1 Å². The number of nitrogens with zero attached hydrogens (tertiary/aromatic N) is 2. The minimum Gasteiger partial charge on any atom is -0.497 e. The van der Waals surface area contributed by atoms with Crippen LogP contribution in [0.15, 0.2) is 83.8 Å². The molecule has 1 aliphatic carbocycles. The van der Waals surface area contributed by atoms with E-state index >= 15 is 0 Å². The van der Waals surface area contributed by atoms with Gasteiger partial charge in [0.25, 0.3) is 10.0 Å². The minimum absolute atomic E-state index is 0.0509. The summed E-state index contributed by atoms with van der Waals surface area (Å²) in [7, 11) is -1.05. The number of hydrogen-bond donors (Lipinski definition) is 1. The maximum Gasteiger partial charge on any atom is 0.264 e. The fourth-order valence-electron chi connectivity index (χ4n) is 4.94. The quantitative estimate of drug-likeness (QED) is 0.342. The SMILES string of the molecule is COc1ccc(N(CC(=O)N(Cc2cccc(OC)c2)[C@H](C)C(=O)NC2CCCC2)S(=O)(=O)c2ccccc2)cc1. The van der Waals surface area contributed by atoms with Crippen molar-refractivity contribution >= 4 is 27.5 Å². The predicted molar refractivity (Wildman–Crippen MR) is 157 cm³/mol. The molecule has 0 bridgehead atoms. The van der Waals surface area contributed by atoms with Crippen LogP contribution in [0.2, 0.25) is 0 Å². The summed E-state index contributed by atoms with van der Waals surface area (Å²) < 4.78 is 39.4. The van der Waals surface area contributed by atoms with Crippen molar-refractivity contribution in [1.29, 1.82) is 0 Å². The Kier molecular flexibility index (Phi) is 9.88. The highest BCUT2D eigenvalue weighted by atomic mass is 32.2. The molecule has 1 aliphatic rings. The third kappa shape index (κ3) is 7.38. The van der Waals surface area contributed by atoms with E-state index in [-0.39, 0.29) is 23.4 Å². The molecule has 0 heterocycles. The highest BCUT2D eigenvalue weighted by Gasteiger charge is 2.33. The fourth-order valence-corrected chi connectivity index (χ4v) is 6.37. The van der Waals surface area contributed by atoms with Gasteiger partial charge in [0.1, 0.15) is 24.1 Å². The monoisotopic (exact) mass is 579 g/mol. The minimum atomic E-state index is -4.13. The zero-order chi connectivity index (χ0) is 29.4. The van der Waals surface area contributed by atoms with Crippen LogP contribution in [0.5, 0.6) is 11.5 Å². The lowest BCUT2D eigenvalue weighted by atomic mass is 10.1. The smallest absolute Gasteiger partial charge is 0.264 e. The van der Waals surface area contributed by atoms with Crippen LogP contribution in [-0.4, -0.2) is 58.0 Å². The van der Waals surface area contributed by atoms with Crippen molar-refractivity contribution in [2.24, 2.45) is 0 Å². The third-order valence-electron chi connectivity index (χ3n) is 7.33. The van der Waals surface area contributed by atoms with E-state index in [4.69, 9.17) is 9.47 Å². The van der Waals surface area contributed by atoms with Crippen molar-refractivity contribution in [2.45, 2.75) is 56.1 Å². The van der Waals surface area contributed by atoms with Gasteiger partial charge >= 0.3 is 0 Å². The molecule has 2 amide bonds. The maximum atomic E-state index is 14.1.